The van der Waals surface area contributed by atoms with Gasteiger partial charge in [0.05, 0.1) is 13.7 Å². The SMILES string of the molecule is CCn1ncnc1CN1CCc2[nH]c3ccc(OC)cc3c2C1. The molecule has 0 saturated heterocycles. The van der Waals surface area contributed by atoms with Crippen molar-refractivity contribution < 1.29 is 4.74 Å². The molecule has 4 rings (SSSR count). The molecule has 6 nitrogen and oxygen atoms in total. The van der Waals surface area contributed by atoms with Crippen molar-refractivity contribution in [1.82, 2.24) is 24.6 Å². The van der Waals surface area contributed by atoms with Crippen LogP contribution in [-0.4, -0.2) is 38.3 Å². The standard InChI is InChI=1S/C17H21N5O/c1-3-22-17(18-11-19-22)10-21-7-6-16-14(9-21)13-8-12(23-2)4-5-15(13)20-16/h4-5,8,11,20H,3,6-7,9-10H2,1-2H3. The number of methoxy groups -OCH3 is 1. The molecule has 0 aliphatic carbocycles. The highest BCUT2D eigenvalue weighted by Crippen LogP contribution is 2.30. The van der Waals surface area contributed by atoms with Crippen molar-refractivity contribution in [2.45, 2.75) is 33.0 Å². The second kappa shape index (κ2) is 5.70. The number of hydrogen-bond donors (Lipinski definition) is 1. The minimum absolute atomic E-state index is 0.837. The molecule has 0 amide bonds. The highest BCUT2D eigenvalue weighted by atomic mass is 16.5. The molecule has 23 heavy (non-hydrogen) atoms. The second-order valence-electron chi connectivity index (χ2n) is 5.95. The van der Waals surface area contributed by atoms with E-state index in [1.54, 1.807) is 13.4 Å². The Morgan fingerprint density at radius 3 is 3.09 bits per heavy atom. The number of aromatic nitrogens is 4. The molecule has 0 saturated carbocycles. The van der Waals surface area contributed by atoms with Crippen molar-refractivity contribution in [2.75, 3.05) is 13.7 Å². The number of aromatic amines is 1. The van der Waals surface area contributed by atoms with Gasteiger partial charge in [-0.1, -0.05) is 0 Å². The molecule has 0 spiro atoms. The third kappa shape index (κ3) is 2.49. The van der Waals surface area contributed by atoms with E-state index >= 15 is 0 Å². The molecule has 0 radical (unpaired) electrons. The first-order valence-corrected chi connectivity index (χ1v) is 8.05. The van der Waals surface area contributed by atoms with Crippen LogP contribution in [0.1, 0.15) is 24.0 Å². The van der Waals surface area contributed by atoms with Gasteiger partial charge in [0.15, 0.2) is 0 Å². The van der Waals surface area contributed by atoms with E-state index in [2.05, 4.69) is 39.0 Å². The summed E-state index contributed by atoms with van der Waals surface area (Å²) in [5.74, 6) is 1.94. The molecule has 6 heteroatoms. The van der Waals surface area contributed by atoms with Crippen molar-refractivity contribution in [1.29, 1.82) is 0 Å². The predicted octanol–water partition coefficient (Wildman–Crippen LogP) is 2.35. The summed E-state index contributed by atoms with van der Waals surface area (Å²) in [5, 5.41) is 5.53. The van der Waals surface area contributed by atoms with E-state index in [4.69, 9.17) is 4.74 Å². The van der Waals surface area contributed by atoms with Crippen LogP contribution in [0.2, 0.25) is 0 Å². The fourth-order valence-corrected chi connectivity index (χ4v) is 3.39. The van der Waals surface area contributed by atoms with Gasteiger partial charge in [0.1, 0.15) is 17.9 Å². The molecule has 1 N–H and O–H groups in total. The normalized spacial score (nSPS) is 15.0. The minimum atomic E-state index is 0.837. The zero-order valence-corrected chi connectivity index (χ0v) is 13.5. The van der Waals surface area contributed by atoms with Gasteiger partial charge in [0.25, 0.3) is 0 Å². The summed E-state index contributed by atoms with van der Waals surface area (Å²) in [6.45, 7) is 5.76. The van der Waals surface area contributed by atoms with Crippen molar-refractivity contribution in [3.8, 4) is 5.75 Å². The molecule has 2 aromatic heterocycles. The van der Waals surface area contributed by atoms with Crippen LogP contribution < -0.4 is 4.74 Å². The summed E-state index contributed by atoms with van der Waals surface area (Å²) in [7, 11) is 1.71. The van der Waals surface area contributed by atoms with Crippen molar-refractivity contribution in [3.05, 3.63) is 41.6 Å². The van der Waals surface area contributed by atoms with Crippen LogP contribution in [0.4, 0.5) is 0 Å². The number of rotatable bonds is 4. The number of fused-ring (bicyclic) bond motifs is 3. The lowest BCUT2D eigenvalue weighted by atomic mass is 10.0. The van der Waals surface area contributed by atoms with Crippen LogP contribution >= 0.6 is 0 Å². The van der Waals surface area contributed by atoms with Gasteiger partial charge in [0.2, 0.25) is 0 Å². The Labute approximate surface area is 135 Å². The smallest absolute Gasteiger partial charge is 0.141 e. The molecule has 1 aromatic carbocycles. The number of H-pyrrole nitrogens is 1. The van der Waals surface area contributed by atoms with Crippen molar-refractivity contribution in [2.24, 2.45) is 0 Å². The number of ether oxygens (including phenoxy) is 1. The molecule has 0 atom stereocenters. The van der Waals surface area contributed by atoms with Gasteiger partial charge in [-0.05, 0) is 30.7 Å². The van der Waals surface area contributed by atoms with Crippen LogP contribution in [0.5, 0.6) is 5.75 Å². The van der Waals surface area contributed by atoms with E-state index in [-0.39, 0.29) is 0 Å². The number of nitrogens with zero attached hydrogens (tertiary/aromatic N) is 4. The molecule has 120 valence electrons. The molecular weight excluding hydrogens is 290 g/mol. The van der Waals surface area contributed by atoms with Crippen LogP contribution in [0.15, 0.2) is 24.5 Å². The highest BCUT2D eigenvalue weighted by molar-refractivity contribution is 5.86. The van der Waals surface area contributed by atoms with E-state index < -0.39 is 0 Å². The Morgan fingerprint density at radius 1 is 1.35 bits per heavy atom. The van der Waals surface area contributed by atoms with E-state index in [1.807, 2.05) is 10.7 Å². The zero-order valence-electron chi connectivity index (χ0n) is 13.5. The maximum atomic E-state index is 5.38. The molecule has 3 heterocycles. The molecule has 0 bridgehead atoms. The van der Waals surface area contributed by atoms with Crippen molar-refractivity contribution in [3.63, 3.8) is 0 Å². The van der Waals surface area contributed by atoms with Crippen LogP contribution in [-0.2, 0) is 26.1 Å². The van der Waals surface area contributed by atoms with E-state index in [0.717, 1.165) is 44.2 Å². The summed E-state index contributed by atoms with van der Waals surface area (Å²) in [6, 6.07) is 6.24. The Bertz CT molecular complexity index is 835. The van der Waals surface area contributed by atoms with Gasteiger partial charge in [-0.25, -0.2) is 9.67 Å². The van der Waals surface area contributed by atoms with E-state index in [1.165, 1.54) is 22.2 Å². The molecule has 3 aromatic rings. The average molecular weight is 311 g/mol. The average Bonchev–Trinajstić information content (AvgIpc) is 3.18. The highest BCUT2D eigenvalue weighted by Gasteiger charge is 2.22. The maximum Gasteiger partial charge on any atom is 0.141 e. The van der Waals surface area contributed by atoms with Gasteiger partial charge >= 0.3 is 0 Å². The largest absolute Gasteiger partial charge is 0.497 e. The van der Waals surface area contributed by atoms with Gasteiger partial charge in [-0.2, -0.15) is 5.10 Å². The van der Waals surface area contributed by atoms with E-state index in [0.29, 0.717) is 0 Å². The van der Waals surface area contributed by atoms with Crippen LogP contribution in [0, 0.1) is 0 Å². The summed E-state index contributed by atoms with van der Waals surface area (Å²) in [4.78, 5) is 10.4. The fraction of sp³-hybridized carbons (Fsp3) is 0.412. The summed E-state index contributed by atoms with van der Waals surface area (Å²) >= 11 is 0. The van der Waals surface area contributed by atoms with Crippen LogP contribution in [0.25, 0.3) is 10.9 Å². The topological polar surface area (TPSA) is 59.0 Å². The first-order chi connectivity index (χ1) is 11.3. The molecule has 0 fully saturated rings. The fourth-order valence-electron chi connectivity index (χ4n) is 3.39. The molecule has 0 unspecified atom stereocenters. The lowest BCUT2D eigenvalue weighted by Crippen LogP contribution is -2.31. The number of aryl methyl sites for hydroxylation is 1. The number of hydrogen-bond acceptors (Lipinski definition) is 4. The molecular formula is C17H21N5O. The van der Waals surface area contributed by atoms with Crippen LogP contribution in [0.3, 0.4) is 0 Å². The Morgan fingerprint density at radius 2 is 2.26 bits per heavy atom. The van der Waals surface area contributed by atoms with Gasteiger partial charge < -0.3 is 9.72 Å². The minimum Gasteiger partial charge on any atom is -0.497 e. The zero-order chi connectivity index (χ0) is 15.8. The third-order valence-corrected chi connectivity index (χ3v) is 4.62. The van der Waals surface area contributed by atoms with Gasteiger partial charge in [-0.3, -0.25) is 4.90 Å². The number of benzene rings is 1. The Kier molecular flexibility index (Phi) is 3.53. The molecule has 1 aliphatic heterocycles. The Balaban J connectivity index is 1.63. The van der Waals surface area contributed by atoms with E-state index in [9.17, 15) is 0 Å². The van der Waals surface area contributed by atoms with Crippen molar-refractivity contribution >= 4 is 10.9 Å². The Hall–Kier alpha value is -2.34. The predicted molar refractivity (Wildman–Crippen MR) is 88.4 cm³/mol. The third-order valence-electron chi connectivity index (χ3n) is 4.62. The summed E-state index contributed by atoms with van der Waals surface area (Å²) in [6.07, 6.45) is 2.68. The first-order valence-electron chi connectivity index (χ1n) is 8.05. The maximum absolute atomic E-state index is 5.38. The lowest BCUT2D eigenvalue weighted by molar-refractivity contribution is 0.235. The quantitative estimate of drug-likeness (QED) is 0.803. The first kappa shape index (κ1) is 14.3. The molecule has 1 aliphatic rings. The summed E-state index contributed by atoms with van der Waals surface area (Å²) in [5.41, 5.74) is 3.92. The second-order valence-corrected chi connectivity index (χ2v) is 5.95. The number of nitrogens with one attached hydrogen (secondary N) is 1. The van der Waals surface area contributed by atoms with Gasteiger partial charge in [-0.15, -0.1) is 0 Å². The summed E-state index contributed by atoms with van der Waals surface area (Å²) < 4.78 is 7.34. The monoisotopic (exact) mass is 311 g/mol. The lowest BCUT2D eigenvalue weighted by Gasteiger charge is -2.26. The van der Waals surface area contributed by atoms with Gasteiger partial charge in [0, 0.05) is 42.7 Å².